The summed E-state index contributed by atoms with van der Waals surface area (Å²) >= 11 is 0. The van der Waals surface area contributed by atoms with Crippen LogP contribution in [0.25, 0.3) is 10.8 Å². The van der Waals surface area contributed by atoms with Crippen molar-refractivity contribution in [3.63, 3.8) is 0 Å². The van der Waals surface area contributed by atoms with Gasteiger partial charge in [0.05, 0.1) is 13.7 Å². The Labute approximate surface area is 159 Å². The third-order valence-electron chi connectivity index (χ3n) is 4.29. The molecular formula is C24H22O3. The molecule has 0 heterocycles. The average Bonchev–Trinajstić information content (AvgIpc) is 2.71. The van der Waals surface area contributed by atoms with Crippen LogP contribution in [0.5, 0.6) is 5.75 Å². The van der Waals surface area contributed by atoms with Crippen molar-refractivity contribution < 1.29 is 14.3 Å². The van der Waals surface area contributed by atoms with Gasteiger partial charge in [0.2, 0.25) is 0 Å². The van der Waals surface area contributed by atoms with Gasteiger partial charge in [-0.15, -0.1) is 0 Å². The van der Waals surface area contributed by atoms with Crippen LogP contribution in [0.2, 0.25) is 0 Å². The van der Waals surface area contributed by atoms with Crippen LogP contribution < -0.4 is 4.74 Å². The molecule has 0 amide bonds. The summed E-state index contributed by atoms with van der Waals surface area (Å²) in [5.41, 5.74) is 3.18. The normalized spacial score (nSPS) is 10.1. The lowest BCUT2D eigenvalue weighted by atomic mass is 10.0. The van der Waals surface area contributed by atoms with Crippen molar-refractivity contribution in [2.24, 2.45) is 0 Å². The molecule has 0 radical (unpaired) electrons. The fraction of sp³-hybridized carbons (Fsp3) is 0.208. The van der Waals surface area contributed by atoms with E-state index in [2.05, 4.69) is 41.7 Å². The molecule has 0 N–H and O–H groups in total. The van der Waals surface area contributed by atoms with Gasteiger partial charge in [-0.05, 0) is 37.6 Å². The van der Waals surface area contributed by atoms with Gasteiger partial charge < -0.3 is 9.47 Å². The Bertz CT molecular complexity index is 992. The molecule has 0 saturated heterocycles. The number of aryl methyl sites for hydroxylation is 1. The number of rotatable bonds is 5. The number of ether oxygens (including phenoxy) is 2. The van der Waals surface area contributed by atoms with E-state index in [0.717, 1.165) is 27.6 Å². The van der Waals surface area contributed by atoms with Gasteiger partial charge in [0.1, 0.15) is 5.75 Å². The molecule has 27 heavy (non-hydrogen) atoms. The molecule has 0 fully saturated rings. The van der Waals surface area contributed by atoms with Gasteiger partial charge >= 0.3 is 5.97 Å². The molecule has 0 aliphatic heterocycles. The lowest BCUT2D eigenvalue weighted by Crippen LogP contribution is -2.04. The van der Waals surface area contributed by atoms with Gasteiger partial charge in [-0.2, -0.15) is 0 Å². The largest absolute Gasteiger partial charge is 0.493 e. The van der Waals surface area contributed by atoms with Crippen LogP contribution in [0.4, 0.5) is 0 Å². The first kappa shape index (κ1) is 18.5. The van der Waals surface area contributed by atoms with E-state index in [-0.39, 0.29) is 5.97 Å². The molecule has 3 aromatic carbocycles. The second-order valence-corrected chi connectivity index (χ2v) is 6.30. The maximum absolute atomic E-state index is 11.2. The summed E-state index contributed by atoms with van der Waals surface area (Å²) in [6, 6.07) is 20.2. The molecule has 0 saturated carbocycles. The SMILES string of the molecule is COC(=O)CCCOc1ccc(C#Cc2ccc(C)cc2)c2ccccc12. The number of hydrogen-bond donors (Lipinski definition) is 0. The predicted molar refractivity (Wildman–Crippen MR) is 108 cm³/mol. The van der Waals surface area contributed by atoms with Gasteiger partial charge in [0.15, 0.2) is 0 Å². The molecule has 0 aliphatic carbocycles. The summed E-state index contributed by atoms with van der Waals surface area (Å²) in [5.74, 6) is 7.09. The topological polar surface area (TPSA) is 35.5 Å². The zero-order valence-electron chi connectivity index (χ0n) is 15.6. The summed E-state index contributed by atoms with van der Waals surface area (Å²) in [7, 11) is 1.40. The van der Waals surface area contributed by atoms with Gasteiger partial charge in [-0.1, -0.05) is 53.8 Å². The van der Waals surface area contributed by atoms with Crippen molar-refractivity contribution in [3.05, 3.63) is 77.4 Å². The number of methoxy groups -OCH3 is 1. The molecule has 3 aromatic rings. The second-order valence-electron chi connectivity index (χ2n) is 6.30. The predicted octanol–water partition coefficient (Wildman–Crippen LogP) is 4.88. The van der Waals surface area contributed by atoms with Crippen molar-refractivity contribution in [1.82, 2.24) is 0 Å². The molecular weight excluding hydrogens is 336 g/mol. The van der Waals surface area contributed by atoms with E-state index in [1.807, 2.05) is 42.5 Å². The fourth-order valence-electron chi connectivity index (χ4n) is 2.78. The summed E-state index contributed by atoms with van der Waals surface area (Å²) in [6.45, 7) is 2.53. The van der Waals surface area contributed by atoms with Crippen molar-refractivity contribution in [2.45, 2.75) is 19.8 Å². The van der Waals surface area contributed by atoms with Crippen LogP contribution >= 0.6 is 0 Å². The van der Waals surface area contributed by atoms with Crippen LogP contribution in [-0.2, 0) is 9.53 Å². The second kappa shape index (κ2) is 8.91. The minimum absolute atomic E-state index is 0.217. The summed E-state index contributed by atoms with van der Waals surface area (Å²) in [5, 5.41) is 2.08. The maximum atomic E-state index is 11.2. The highest BCUT2D eigenvalue weighted by molar-refractivity contribution is 5.93. The number of hydrogen-bond acceptors (Lipinski definition) is 3. The molecule has 0 aliphatic rings. The van der Waals surface area contributed by atoms with Gasteiger partial charge in [0.25, 0.3) is 0 Å². The van der Waals surface area contributed by atoms with Crippen molar-refractivity contribution in [1.29, 1.82) is 0 Å². The molecule has 0 spiro atoms. The zero-order valence-corrected chi connectivity index (χ0v) is 15.6. The Morgan fingerprint density at radius 3 is 2.41 bits per heavy atom. The van der Waals surface area contributed by atoms with E-state index in [9.17, 15) is 4.79 Å². The van der Waals surface area contributed by atoms with Crippen molar-refractivity contribution >= 4 is 16.7 Å². The number of carbonyl (C=O) groups is 1. The smallest absolute Gasteiger partial charge is 0.305 e. The van der Waals surface area contributed by atoms with E-state index in [1.165, 1.54) is 12.7 Å². The van der Waals surface area contributed by atoms with Crippen molar-refractivity contribution in [2.75, 3.05) is 13.7 Å². The first-order chi connectivity index (χ1) is 13.2. The zero-order chi connectivity index (χ0) is 19.1. The molecule has 3 heteroatoms. The lowest BCUT2D eigenvalue weighted by molar-refractivity contribution is -0.140. The molecule has 0 bridgehead atoms. The number of carbonyl (C=O) groups excluding carboxylic acids is 1. The van der Waals surface area contributed by atoms with E-state index in [1.54, 1.807) is 0 Å². The van der Waals surface area contributed by atoms with Gasteiger partial charge in [0, 0.05) is 28.3 Å². The molecule has 0 unspecified atom stereocenters. The van der Waals surface area contributed by atoms with E-state index >= 15 is 0 Å². The Kier molecular flexibility index (Phi) is 6.12. The Balaban J connectivity index is 1.81. The van der Waals surface area contributed by atoms with E-state index < -0.39 is 0 Å². The third-order valence-corrected chi connectivity index (χ3v) is 4.29. The Hall–Kier alpha value is -3.25. The van der Waals surface area contributed by atoms with Crippen molar-refractivity contribution in [3.8, 4) is 17.6 Å². The van der Waals surface area contributed by atoms with E-state index in [4.69, 9.17) is 4.74 Å². The van der Waals surface area contributed by atoms with Gasteiger partial charge in [-0.25, -0.2) is 0 Å². The average molecular weight is 358 g/mol. The first-order valence-corrected chi connectivity index (χ1v) is 8.97. The molecule has 0 atom stereocenters. The minimum atomic E-state index is -0.217. The van der Waals surface area contributed by atoms with Crippen LogP contribution in [0, 0.1) is 18.8 Å². The highest BCUT2D eigenvalue weighted by Crippen LogP contribution is 2.28. The van der Waals surface area contributed by atoms with Crippen LogP contribution in [-0.4, -0.2) is 19.7 Å². The lowest BCUT2D eigenvalue weighted by Gasteiger charge is -2.10. The number of fused-ring (bicyclic) bond motifs is 1. The Morgan fingerprint density at radius 1 is 0.926 bits per heavy atom. The maximum Gasteiger partial charge on any atom is 0.305 e. The summed E-state index contributed by atoms with van der Waals surface area (Å²) in [6.07, 6.45) is 0.977. The first-order valence-electron chi connectivity index (χ1n) is 8.97. The summed E-state index contributed by atoms with van der Waals surface area (Å²) in [4.78, 5) is 11.2. The highest BCUT2D eigenvalue weighted by Gasteiger charge is 2.06. The number of benzene rings is 3. The molecule has 3 nitrogen and oxygen atoms in total. The third kappa shape index (κ3) is 4.89. The molecule has 0 aromatic heterocycles. The number of esters is 1. The van der Waals surface area contributed by atoms with Crippen LogP contribution in [0.3, 0.4) is 0 Å². The standard InChI is InChI=1S/C24H22O3/c1-18-9-11-19(12-10-18)13-14-20-15-16-23(22-7-4-3-6-21(20)22)27-17-5-8-24(25)26-2/h3-4,6-7,9-12,15-16H,5,8,17H2,1-2H3. The van der Waals surface area contributed by atoms with Gasteiger partial charge in [-0.3, -0.25) is 4.79 Å². The molecule has 136 valence electrons. The fourth-order valence-corrected chi connectivity index (χ4v) is 2.78. The Morgan fingerprint density at radius 2 is 1.67 bits per heavy atom. The van der Waals surface area contributed by atoms with Crippen LogP contribution in [0.1, 0.15) is 29.5 Å². The monoisotopic (exact) mass is 358 g/mol. The minimum Gasteiger partial charge on any atom is -0.493 e. The highest BCUT2D eigenvalue weighted by atomic mass is 16.5. The van der Waals surface area contributed by atoms with Crippen LogP contribution in [0.15, 0.2) is 60.7 Å². The summed E-state index contributed by atoms with van der Waals surface area (Å²) < 4.78 is 10.5. The molecule has 3 rings (SSSR count). The van der Waals surface area contributed by atoms with E-state index in [0.29, 0.717) is 19.4 Å². The quantitative estimate of drug-likeness (QED) is 0.370.